The molecule has 0 bridgehead atoms. The van der Waals surface area contributed by atoms with Gasteiger partial charge in [0, 0.05) is 30.4 Å². The SMILES string of the molecule is COc1ccc(CN[C@@H](C(=O)N[C@H](C(=O)NCc2ccc(OC)cc2O)C(C)C)[C@H](O)[C@H](Cc2ccccc2)NC(=O)[C@@H](NC(=O)OCc2cccc(N)c2)C(C)(C)C)cc1. The zero-order chi connectivity index (χ0) is 44.7. The largest absolute Gasteiger partial charge is 0.507 e. The Kier molecular flexibility index (Phi) is 17.3. The Labute approximate surface area is 357 Å². The number of nitrogens with one attached hydrogen (secondary N) is 5. The van der Waals surface area contributed by atoms with Gasteiger partial charge in [0.25, 0.3) is 0 Å². The lowest BCUT2D eigenvalue weighted by molar-refractivity contribution is -0.134. The first-order chi connectivity index (χ1) is 29.0. The topological polar surface area (TPSA) is 223 Å². The number of rotatable bonds is 20. The van der Waals surface area contributed by atoms with E-state index in [-0.39, 0.29) is 31.9 Å². The van der Waals surface area contributed by atoms with Gasteiger partial charge >= 0.3 is 6.09 Å². The van der Waals surface area contributed by atoms with E-state index in [0.717, 1.165) is 11.1 Å². The molecule has 0 radical (unpaired) electrons. The van der Waals surface area contributed by atoms with Crippen molar-refractivity contribution in [3.63, 3.8) is 0 Å². The first-order valence-electron chi connectivity index (χ1n) is 20.1. The van der Waals surface area contributed by atoms with Crippen molar-refractivity contribution in [2.24, 2.45) is 11.3 Å². The number of carbonyl (C=O) groups is 4. The highest BCUT2D eigenvalue weighted by Crippen LogP contribution is 2.24. The monoisotopic (exact) mass is 840 g/mol. The molecule has 4 amide bonds. The van der Waals surface area contributed by atoms with E-state index in [1.807, 2.05) is 30.3 Å². The first kappa shape index (κ1) is 47.4. The molecule has 0 saturated carbocycles. The third-order valence-electron chi connectivity index (χ3n) is 10.1. The maximum atomic E-state index is 14.4. The van der Waals surface area contributed by atoms with E-state index in [0.29, 0.717) is 28.3 Å². The Morgan fingerprint density at radius 1 is 0.705 bits per heavy atom. The van der Waals surface area contributed by atoms with Gasteiger partial charge in [0.2, 0.25) is 17.7 Å². The summed E-state index contributed by atoms with van der Waals surface area (Å²) in [7, 11) is 3.03. The molecule has 15 nitrogen and oxygen atoms in total. The van der Waals surface area contributed by atoms with Crippen molar-refractivity contribution >= 4 is 29.5 Å². The number of ether oxygens (including phenoxy) is 3. The summed E-state index contributed by atoms with van der Waals surface area (Å²) in [5.74, 6) is -1.22. The van der Waals surface area contributed by atoms with Crippen LogP contribution in [-0.4, -0.2) is 78.5 Å². The average Bonchev–Trinajstić information content (AvgIpc) is 3.23. The number of phenolic OH excluding ortho intramolecular Hbond substituents is 1. The van der Waals surface area contributed by atoms with Gasteiger partial charge in [-0.1, -0.05) is 89.2 Å². The highest BCUT2D eigenvalue weighted by Gasteiger charge is 2.39. The average molecular weight is 841 g/mol. The second-order valence-corrected chi connectivity index (χ2v) is 16.2. The maximum absolute atomic E-state index is 14.4. The van der Waals surface area contributed by atoms with Crippen LogP contribution in [0.5, 0.6) is 17.2 Å². The molecule has 0 aliphatic heterocycles. The Bertz CT molecular complexity index is 2060. The van der Waals surface area contributed by atoms with Gasteiger partial charge in [0.15, 0.2) is 0 Å². The number of methoxy groups -OCH3 is 2. The fourth-order valence-electron chi connectivity index (χ4n) is 6.52. The molecule has 0 aliphatic rings. The van der Waals surface area contributed by atoms with Crippen molar-refractivity contribution in [1.29, 1.82) is 0 Å². The molecule has 0 saturated heterocycles. The normalized spacial score (nSPS) is 13.8. The molecule has 0 aliphatic carbocycles. The number of hydrogen-bond acceptors (Lipinski definition) is 11. The number of anilines is 1. The van der Waals surface area contributed by atoms with E-state index in [9.17, 15) is 29.4 Å². The zero-order valence-electron chi connectivity index (χ0n) is 35.9. The van der Waals surface area contributed by atoms with Crippen molar-refractivity contribution in [3.8, 4) is 17.2 Å². The lowest BCUT2D eigenvalue weighted by Gasteiger charge is -2.35. The molecule has 4 aromatic rings. The van der Waals surface area contributed by atoms with Crippen LogP contribution in [0.1, 0.15) is 56.9 Å². The van der Waals surface area contributed by atoms with Crippen LogP contribution in [0.3, 0.4) is 0 Å². The Morgan fingerprint density at radius 2 is 1.36 bits per heavy atom. The van der Waals surface area contributed by atoms with Gasteiger partial charge in [-0.05, 0) is 70.8 Å². The predicted octanol–water partition coefficient (Wildman–Crippen LogP) is 4.34. The minimum Gasteiger partial charge on any atom is -0.507 e. The molecule has 328 valence electrons. The Balaban J connectivity index is 1.61. The van der Waals surface area contributed by atoms with Crippen LogP contribution in [0.15, 0.2) is 97.1 Å². The minimum absolute atomic E-state index is 0.0296. The van der Waals surface area contributed by atoms with Crippen LogP contribution in [0.25, 0.3) is 0 Å². The summed E-state index contributed by atoms with van der Waals surface area (Å²) in [4.78, 5) is 55.4. The van der Waals surface area contributed by atoms with Gasteiger partial charge in [-0.2, -0.15) is 0 Å². The molecule has 0 spiro atoms. The fraction of sp³-hybridized carbons (Fsp3) is 0.391. The number of nitrogens with two attached hydrogens (primary N) is 1. The molecular formula is C46H60N6O9. The van der Waals surface area contributed by atoms with E-state index in [4.69, 9.17) is 19.9 Å². The van der Waals surface area contributed by atoms with Crippen molar-refractivity contribution in [1.82, 2.24) is 26.6 Å². The van der Waals surface area contributed by atoms with Gasteiger partial charge < -0.3 is 51.4 Å². The number of hydrogen-bond donors (Lipinski definition) is 8. The van der Waals surface area contributed by atoms with Crippen LogP contribution in [0.2, 0.25) is 0 Å². The zero-order valence-corrected chi connectivity index (χ0v) is 35.9. The van der Waals surface area contributed by atoms with Gasteiger partial charge in [-0.3, -0.25) is 19.7 Å². The smallest absolute Gasteiger partial charge is 0.408 e. The van der Waals surface area contributed by atoms with Crippen LogP contribution in [0, 0.1) is 11.3 Å². The molecule has 61 heavy (non-hydrogen) atoms. The molecule has 15 heteroatoms. The maximum Gasteiger partial charge on any atom is 0.408 e. The van der Waals surface area contributed by atoms with E-state index >= 15 is 0 Å². The third kappa shape index (κ3) is 14.4. The Morgan fingerprint density at radius 3 is 1.97 bits per heavy atom. The van der Waals surface area contributed by atoms with E-state index in [1.54, 1.807) is 102 Å². The number of aliphatic hydroxyl groups excluding tert-OH is 1. The molecule has 0 aromatic heterocycles. The molecule has 4 aromatic carbocycles. The predicted molar refractivity (Wildman–Crippen MR) is 232 cm³/mol. The van der Waals surface area contributed by atoms with Crippen molar-refractivity contribution in [2.45, 2.75) is 91.0 Å². The van der Waals surface area contributed by atoms with Gasteiger partial charge in [-0.15, -0.1) is 0 Å². The van der Waals surface area contributed by atoms with E-state index in [1.165, 1.54) is 13.2 Å². The molecule has 4 rings (SSSR count). The van der Waals surface area contributed by atoms with Crippen LogP contribution >= 0.6 is 0 Å². The van der Waals surface area contributed by atoms with Gasteiger partial charge in [-0.25, -0.2) is 4.79 Å². The molecule has 0 unspecified atom stereocenters. The summed E-state index contributed by atoms with van der Waals surface area (Å²) in [6.07, 6.45) is -2.32. The molecular weight excluding hydrogens is 781 g/mol. The molecule has 0 heterocycles. The lowest BCUT2D eigenvalue weighted by atomic mass is 9.85. The van der Waals surface area contributed by atoms with Gasteiger partial charge in [0.1, 0.15) is 42.0 Å². The second-order valence-electron chi connectivity index (χ2n) is 16.2. The number of nitrogen functional groups attached to an aromatic ring is 1. The number of phenols is 1. The van der Waals surface area contributed by atoms with Crippen LogP contribution in [-0.2, 0) is 45.2 Å². The summed E-state index contributed by atoms with van der Waals surface area (Å²) < 4.78 is 15.9. The minimum atomic E-state index is -1.58. The highest BCUT2D eigenvalue weighted by atomic mass is 16.5. The third-order valence-corrected chi connectivity index (χ3v) is 10.1. The second kappa shape index (κ2) is 22.3. The number of carbonyl (C=O) groups excluding carboxylic acids is 4. The standard InChI is InChI=1S/C46H60N6O9/c1-28(2)38(42(55)49-26-32-18-21-35(60-7)24-37(32)53)51-43(56)39(48-25-30-16-19-34(59-6)20-17-30)40(54)36(23-29-12-9-8-10-13-29)50-44(57)41(46(3,4)5)52-45(58)61-27-31-14-11-15-33(47)22-31/h8-22,24,28,36,38-41,48,53-54H,23,25-27,47H2,1-7H3,(H,49,55)(H,50,57)(H,51,56)(H,52,58)/t36-,38-,39+,40+,41+/m0/s1. The van der Waals surface area contributed by atoms with E-state index < -0.39 is 65.4 Å². The van der Waals surface area contributed by atoms with Crippen molar-refractivity contribution < 1.29 is 43.6 Å². The molecule has 5 atom stereocenters. The first-order valence-corrected chi connectivity index (χ1v) is 20.1. The van der Waals surface area contributed by atoms with Crippen LogP contribution < -0.4 is 41.8 Å². The number of aliphatic hydroxyl groups is 1. The number of benzene rings is 4. The van der Waals surface area contributed by atoms with Crippen molar-refractivity contribution in [2.75, 3.05) is 20.0 Å². The van der Waals surface area contributed by atoms with Crippen LogP contribution in [0.4, 0.5) is 10.5 Å². The van der Waals surface area contributed by atoms with E-state index in [2.05, 4.69) is 26.6 Å². The number of aromatic hydroxyl groups is 1. The van der Waals surface area contributed by atoms with Crippen molar-refractivity contribution in [3.05, 3.63) is 119 Å². The summed E-state index contributed by atoms with van der Waals surface area (Å²) >= 11 is 0. The fourth-order valence-corrected chi connectivity index (χ4v) is 6.52. The lowest BCUT2D eigenvalue weighted by Crippen LogP contribution is -2.63. The molecule has 0 fully saturated rings. The van der Waals surface area contributed by atoms with Gasteiger partial charge in [0.05, 0.1) is 26.4 Å². The summed E-state index contributed by atoms with van der Waals surface area (Å²) in [6.45, 7) is 8.87. The molecule has 9 N–H and O–H groups in total. The number of amides is 4. The summed E-state index contributed by atoms with van der Waals surface area (Å²) in [5.41, 5.74) is 8.18. The Hall–Kier alpha value is -6.32. The quantitative estimate of drug-likeness (QED) is 0.0585. The number of alkyl carbamates (subject to hydrolysis) is 1. The summed E-state index contributed by atoms with van der Waals surface area (Å²) in [6, 6.07) is 23.2. The summed E-state index contributed by atoms with van der Waals surface area (Å²) in [5, 5.41) is 37.2. The highest BCUT2D eigenvalue weighted by molar-refractivity contribution is 5.91.